The zero-order valence-corrected chi connectivity index (χ0v) is 48.3. The third-order valence-corrected chi connectivity index (χ3v) is 13.0. The van der Waals surface area contributed by atoms with Gasteiger partial charge in [-0.1, -0.05) is 259 Å². The second-order valence-corrected chi connectivity index (χ2v) is 20.2. The van der Waals surface area contributed by atoms with Crippen molar-refractivity contribution in [2.45, 2.75) is 290 Å². The monoisotopic (exact) mass is 1030 g/mol. The van der Waals surface area contributed by atoms with E-state index in [1.807, 2.05) is 0 Å². The zero-order valence-electron chi connectivity index (χ0n) is 48.3. The van der Waals surface area contributed by atoms with Crippen molar-refractivity contribution >= 4 is 17.9 Å². The first-order valence-electron chi connectivity index (χ1n) is 30.9. The predicted octanol–water partition coefficient (Wildman–Crippen LogP) is 21.0. The van der Waals surface area contributed by atoms with Gasteiger partial charge < -0.3 is 14.2 Å². The number of hydrogen-bond donors (Lipinski definition) is 0. The van der Waals surface area contributed by atoms with Crippen LogP contribution in [0.5, 0.6) is 0 Å². The molecule has 0 bridgehead atoms. The fourth-order valence-corrected chi connectivity index (χ4v) is 8.43. The summed E-state index contributed by atoms with van der Waals surface area (Å²) < 4.78 is 16.8. The highest BCUT2D eigenvalue weighted by molar-refractivity contribution is 5.71. The van der Waals surface area contributed by atoms with E-state index < -0.39 is 6.10 Å². The highest BCUT2D eigenvalue weighted by Gasteiger charge is 2.19. The van der Waals surface area contributed by atoms with Gasteiger partial charge in [0.1, 0.15) is 13.2 Å². The first-order chi connectivity index (χ1) is 36.5. The number of unbranched alkanes of at least 4 members (excludes halogenated alkanes) is 26. The van der Waals surface area contributed by atoms with Crippen LogP contribution in [0.1, 0.15) is 284 Å². The summed E-state index contributed by atoms with van der Waals surface area (Å²) in [5.74, 6) is -0.929. The molecule has 0 amide bonds. The lowest BCUT2D eigenvalue weighted by Gasteiger charge is -2.18. The number of rotatable bonds is 55. The Morgan fingerprint density at radius 2 is 0.527 bits per heavy atom. The number of ether oxygens (including phenoxy) is 3. The van der Waals surface area contributed by atoms with Crippen LogP contribution in [0.25, 0.3) is 0 Å². The van der Waals surface area contributed by atoms with Crippen molar-refractivity contribution < 1.29 is 28.6 Å². The Hall–Kier alpha value is -3.93. The normalized spacial score (nSPS) is 12.9. The molecule has 0 aliphatic heterocycles. The molecular weight excluding hydrogens is 913 g/mol. The van der Waals surface area contributed by atoms with Gasteiger partial charge in [-0.15, -0.1) is 0 Å². The summed E-state index contributed by atoms with van der Waals surface area (Å²) in [5, 5.41) is 0. The molecule has 0 saturated heterocycles. The Morgan fingerprint density at radius 3 is 0.851 bits per heavy atom. The van der Waals surface area contributed by atoms with Crippen LogP contribution >= 0.6 is 0 Å². The maximum Gasteiger partial charge on any atom is 0.306 e. The van der Waals surface area contributed by atoms with Gasteiger partial charge in [-0.05, 0) is 116 Å². The van der Waals surface area contributed by atoms with Gasteiger partial charge >= 0.3 is 17.9 Å². The molecule has 422 valence electrons. The quantitative estimate of drug-likeness (QED) is 0.0261. The van der Waals surface area contributed by atoms with Crippen molar-refractivity contribution in [3.8, 4) is 0 Å². The molecule has 0 heterocycles. The Balaban J connectivity index is 4.09. The van der Waals surface area contributed by atoms with Crippen LogP contribution in [0, 0.1) is 0 Å². The minimum Gasteiger partial charge on any atom is -0.462 e. The number of allylic oxidation sites excluding steroid dienone is 18. The van der Waals surface area contributed by atoms with Crippen LogP contribution in [-0.2, 0) is 28.6 Å². The van der Waals surface area contributed by atoms with Crippen molar-refractivity contribution in [1.29, 1.82) is 0 Å². The number of hydrogen-bond acceptors (Lipinski definition) is 6. The first kappa shape index (κ1) is 70.1. The van der Waals surface area contributed by atoms with Crippen LogP contribution in [0.15, 0.2) is 109 Å². The highest BCUT2D eigenvalue weighted by Crippen LogP contribution is 2.16. The Labute approximate surface area is 457 Å². The fourth-order valence-electron chi connectivity index (χ4n) is 8.43. The first-order valence-corrected chi connectivity index (χ1v) is 30.9. The molecule has 0 N–H and O–H groups in total. The molecule has 0 rings (SSSR count). The molecular formula is C68H114O6. The Kier molecular flexibility index (Phi) is 58.3. The average Bonchev–Trinajstić information content (AvgIpc) is 3.40. The van der Waals surface area contributed by atoms with Crippen LogP contribution in [0.3, 0.4) is 0 Å². The molecule has 0 spiro atoms. The van der Waals surface area contributed by atoms with Gasteiger partial charge in [-0.3, -0.25) is 14.4 Å². The van der Waals surface area contributed by atoms with E-state index in [9.17, 15) is 14.4 Å². The van der Waals surface area contributed by atoms with Crippen molar-refractivity contribution in [3.63, 3.8) is 0 Å². The summed E-state index contributed by atoms with van der Waals surface area (Å²) in [6, 6.07) is 0. The van der Waals surface area contributed by atoms with Gasteiger partial charge in [0.15, 0.2) is 6.10 Å². The molecule has 1 atom stereocenters. The van der Waals surface area contributed by atoms with E-state index in [2.05, 4.69) is 130 Å². The Morgan fingerprint density at radius 1 is 0.284 bits per heavy atom. The molecule has 0 aliphatic rings. The SMILES string of the molecule is CC/C=C\C/C=C\C/C=C\C/C=C\C/C=C\CCCCCCCCCCCCCCCCCCCC(=O)OCC(COC(=O)CCCCCCC/C=C\CCC)OC(=O)CCCCC/C=C\C/C=C\C/C=C\CC. The molecule has 0 aromatic rings. The summed E-state index contributed by atoms with van der Waals surface area (Å²) >= 11 is 0. The van der Waals surface area contributed by atoms with Crippen molar-refractivity contribution in [2.24, 2.45) is 0 Å². The molecule has 0 saturated carbocycles. The number of carbonyl (C=O) groups excluding carboxylic acids is 3. The average molecular weight is 1030 g/mol. The van der Waals surface area contributed by atoms with Crippen LogP contribution in [0.2, 0.25) is 0 Å². The second kappa shape index (κ2) is 61.6. The molecule has 0 aromatic heterocycles. The van der Waals surface area contributed by atoms with Crippen LogP contribution in [0.4, 0.5) is 0 Å². The maximum absolute atomic E-state index is 12.8. The summed E-state index contributed by atoms with van der Waals surface area (Å²) in [7, 11) is 0. The molecule has 0 radical (unpaired) electrons. The summed E-state index contributed by atoms with van der Waals surface area (Å²) in [6.45, 7) is 6.32. The largest absolute Gasteiger partial charge is 0.462 e. The van der Waals surface area contributed by atoms with E-state index in [1.165, 1.54) is 109 Å². The van der Waals surface area contributed by atoms with Gasteiger partial charge in [0.25, 0.3) is 0 Å². The minimum atomic E-state index is -0.795. The third kappa shape index (κ3) is 59.0. The van der Waals surface area contributed by atoms with Gasteiger partial charge in [0.05, 0.1) is 0 Å². The second-order valence-electron chi connectivity index (χ2n) is 20.2. The van der Waals surface area contributed by atoms with E-state index in [1.54, 1.807) is 0 Å². The molecule has 74 heavy (non-hydrogen) atoms. The topological polar surface area (TPSA) is 78.9 Å². The van der Waals surface area contributed by atoms with Crippen molar-refractivity contribution in [3.05, 3.63) is 109 Å². The molecule has 1 unspecified atom stereocenters. The summed E-state index contributed by atoms with van der Waals surface area (Å²) in [6.07, 6.45) is 84.1. The lowest BCUT2D eigenvalue weighted by molar-refractivity contribution is -0.167. The van der Waals surface area contributed by atoms with Crippen molar-refractivity contribution in [2.75, 3.05) is 13.2 Å². The summed E-state index contributed by atoms with van der Waals surface area (Å²) in [4.78, 5) is 38.1. The standard InChI is InChI=1S/C68H114O6/c1-4-7-10-13-16-19-22-24-25-26-27-28-29-30-31-32-33-34-35-36-37-38-39-40-41-42-43-45-46-49-52-55-58-61-67(70)73-64-65(63-72-66(69)60-57-54-51-48-21-18-15-12-9-6-3)74-68(71)62-59-56-53-50-47-44-23-20-17-14-11-8-5-2/h7-8,10-12,15-17,19-20,24-25,27-28,30-31,44,47,65H,4-6,9,13-14,18,21-23,26,29,32-43,45-46,48-64H2,1-3H3/b10-7-,11-8-,15-12-,19-16-,20-17-,25-24-,28-27-,31-30-,47-44-. The van der Waals surface area contributed by atoms with E-state index >= 15 is 0 Å². The molecule has 6 heteroatoms. The van der Waals surface area contributed by atoms with Crippen molar-refractivity contribution in [1.82, 2.24) is 0 Å². The van der Waals surface area contributed by atoms with E-state index in [4.69, 9.17) is 14.2 Å². The Bertz CT molecular complexity index is 1510. The van der Waals surface area contributed by atoms with E-state index in [-0.39, 0.29) is 31.1 Å². The maximum atomic E-state index is 12.8. The predicted molar refractivity (Wildman–Crippen MR) is 320 cm³/mol. The number of carbonyl (C=O) groups is 3. The van der Waals surface area contributed by atoms with Gasteiger partial charge in [-0.2, -0.15) is 0 Å². The minimum absolute atomic E-state index is 0.0911. The van der Waals surface area contributed by atoms with Gasteiger partial charge in [0.2, 0.25) is 0 Å². The zero-order chi connectivity index (χ0) is 53.6. The van der Waals surface area contributed by atoms with Crippen LogP contribution < -0.4 is 0 Å². The molecule has 0 fully saturated rings. The lowest BCUT2D eigenvalue weighted by Crippen LogP contribution is -2.30. The number of esters is 3. The third-order valence-electron chi connectivity index (χ3n) is 13.0. The van der Waals surface area contributed by atoms with E-state index in [0.29, 0.717) is 19.3 Å². The fraction of sp³-hybridized carbons (Fsp3) is 0.691. The molecule has 0 aromatic carbocycles. The van der Waals surface area contributed by atoms with Gasteiger partial charge in [-0.25, -0.2) is 0 Å². The summed E-state index contributed by atoms with van der Waals surface area (Å²) in [5.41, 5.74) is 0. The van der Waals surface area contributed by atoms with Gasteiger partial charge in [0, 0.05) is 19.3 Å². The molecule has 6 nitrogen and oxygen atoms in total. The lowest BCUT2D eigenvalue weighted by atomic mass is 10.0. The van der Waals surface area contributed by atoms with E-state index in [0.717, 1.165) is 135 Å². The highest BCUT2D eigenvalue weighted by atomic mass is 16.6. The molecule has 0 aliphatic carbocycles. The smallest absolute Gasteiger partial charge is 0.306 e. The van der Waals surface area contributed by atoms with Crippen LogP contribution in [-0.4, -0.2) is 37.2 Å².